The van der Waals surface area contributed by atoms with Gasteiger partial charge in [-0.2, -0.15) is 13.2 Å². The van der Waals surface area contributed by atoms with E-state index in [0.29, 0.717) is 24.9 Å². The monoisotopic (exact) mass is 510 g/mol. The summed E-state index contributed by atoms with van der Waals surface area (Å²) in [5.41, 5.74) is -0.0266. The first-order valence-corrected chi connectivity index (χ1v) is 8.54. The maximum atomic E-state index is 12.6. The lowest BCUT2D eigenvalue weighted by Gasteiger charge is -2.22. The van der Waals surface area contributed by atoms with Crippen LogP contribution in [-0.4, -0.2) is 29.9 Å². The molecule has 0 aliphatic heterocycles. The molecule has 0 saturated heterocycles. The van der Waals surface area contributed by atoms with Crippen molar-refractivity contribution in [3.05, 3.63) is 53.2 Å². The molecule has 1 heterocycles. The Kier molecular flexibility index (Phi) is 8.33. The van der Waals surface area contributed by atoms with Crippen LogP contribution in [0.3, 0.4) is 0 Å². The van der Waals surface area contributed by atoms with E-state index in [-0.39, 0.29) is 29.4 Å². The molecular formula is C19H26F3IN4O. The van der Waals surface area contributed by atoms with Crippen LogP contribution in [0, 0.1) is 0 Å². The summed E-state index contributed by atoms with van der Waals surface area (Å²) in [6, 6.07) is 5.10. The summed E-state index contributed by atoms with van der Waals surface area (Å²) >= 11 is 0. The van der Waals surface area contributed by atoms with E-state index in [1.807, 2.05) is 32.7 Å². The van der Waals surface area contributed by atoms with Crippen molar-refractivity contribution < 1.29 is 17.6 Å². The van der Waals surface area contributed by atoms with Crippen molar-refractivity contribution in [2.75, 3.05) is 14.1 Å². The first-order chi connectivity index (χ1) is 12.5. The molecule has 0 radical (unpaired) electrons. The summed E-state index contributed by atoms with van der Waals surface area (Å²) in [6.07, 6.45) is -2.62. The van der Waals surface area contributed by atoms with Gasteiger partial charge in [-0.15, -0.1) is 24.0 Å². The summed E-state index contributed by atoms with van der Waals surface area (Å²) in [5, 5.41) is 3.15. The second-order valence-electron chi connectivity index (χ2n) is 7.32. The zero-order valence-electron chi connectivity index (χ0n) is 16.6. The van der Waals surface area contributed by atoms with Gasteiger partial charge in [-0.3, -0.25) is 4.99 Å². The predicted molar refractivity (Wildman–Crippen MR) is 114 cm³/mol. The molecule has 2 rings (SSSR count). The van der Waals surface area contributed by atoms with Crippen LogP contribution < -0.4 is 5.32 Å². The molecule has 5 nitrogen and oxygen atoms in total. The fourth-order valence-electron chi connectivity index (χ4n) is 2.43. The van der Waals surface area contributed by atoms with Gasteiger partial charge in [0, 0.05) is 26.1 Å². The summed E-state index contributed by atoms with van der Waals surface area (Å²) in [6.45, 7) is 6.90. The molecule has 0 atom stereocenters. The van der Waals surface area contributed by atoms with Crippen molar-refractivity contribution in [3.8, 4) is 0 Å². The van der Waals surface area contributed by atoms with E-state index >= 15 is 0 Å². The second-order valence-corrected chi connectivity index (χ2v) is 7.32. The van der Waals surface area contributed by atoms with Gasteiger partial charge in [-0.25, -0.2) is 4.98 Å². The Bertz CT molecular complexity index is 780. The molecular weight excluding hydrogens is 484 g/mol. The van der Waals surface area contributed by atoms with Crippen LogP contribution in [0.1, 0.15) is 43.5 Å². The van der Waals surface area contributed by atoms with Crippen molar-refractivity contribution >= 4 is 29.9 Å². The van der Waals surface area contributed by atoms with Crippen LogP contribution in [0.4, 0.5) is 13.2 Å². The molecule has 0 spiro atoms. The van der Waals surface area contributed by atoms with E-state index in [9.17, 15) is 13.2 Å². The first kappa shape index (κ1) is 24.3. The minimum Gasteiger partial charge on any atom is -0.443 e. The third-order valence-electron chi connectivity index (χ3n) is 3.96. The standard InChI is InChI=1S/C19H25F3N4O.HI/c1-18(2,3)15-10-24-16(27-15)11-25-17(23-4)26(5)12-13-6-8-14(9-7-13)19(20,21)22;/h6-10H,11-12H2,1-5H3,(H,23,25);1H. The molecule has 0 saturated carbocycles. The van der Waals surface area contributed by atoms with Crippen molar-refractivity contribution in [2.24, 2.45) is 4.99 Å². The highest BCUT2D eigenvalue weighted by Gasteiger charge is 2.30. The summed E-state index contributed by atoms with van der Waals surface area (Å²) < 4.78 is 43.7. The Labute approximate surface area is 180 Å². The van der Waals surface area contributed by atoms with E-state index in [2.05, 4.69) is 15.3 Å². The van der Waals surface area contributed by atoms with Crippen molar-refractivity contribution in [1.29, 1.82) is 0 Å². The summed E-state index contributed by atoms with van der Waals surface area (Å²) in [7, 11) is 3.45. The lowest BCUT2D eigenvalue weighted by Crippen LogP contribution is -2.38. The zero-order chi connectivity index (χ0) is 20.2. The fourth-order valence-corrected chi connectivity index (χ4v) is 2.43. The average molecular weight is 510 g/mol. The van der Waals surface area contributed by atoms with Gasteiger partial charge in [-0.05, 0) is 17.7 Å². The second kappa shape index (κ2) is 9.62. The molecule has 156 valence electrons. The van der Waals surface area contributed by atoms with E-state index in [1.54, 1.807) is 13.2 Å². The van der Waals surface area contributed by atoms with Crippen LogP contribution >= 0.6 is 24.0 Å². The molecule has 28 heavy (non-hydrogen) atoms. The number of alkyl halides is 3. The molecule has 0 bridgehead atoms. The van der Waals surface area contributed by atoms with Crippen LogP contribution in [0.15, 0.2) is 39.9 Å². The zero-order valence-corrected chi connectivity index (χ0v) is 18.9. The fraction of sp³-hybridized carbons (Fsp3) is 0.474. The number of nitrogens with zero attached hydrogens (tertiary/aromatic N) is 3. The Morgan fingerprint density at radius 1 is 1.18 bits per heavy atom. The highest BCUT2D eigenvalue weighted by Crippen LogP contribution is 2.29. The molecule has 1 aromatic carbocycles. The molecule has 0 aliphatic carbocycles. The van der Waals surface area contributed by atoms with E-state index in [1.165, 1.54) is 12.1 Å². The third kappa shape index (κ3) is 6.68. The minimum atomic E-state index is -4.33. The van der Waals surface area contributed by atoms with Crippen molar-refractivity contribution in [3.63, 3.8) is 0 Å². The largest absolute Gasteiger partial charge is 0.443 e. The Balaban J connectivity index is 0.00000392. The lowest BCUT2D eigenvalue weighted by atomic mass is 9.94. The normalized spacial score (nSPS) is 12.5. The number of guanidine groups is 1. The number of hydrogen-bond acceptors (Lipinski definition) is 3. The van der Waals surface area contributed by atoms with E-state index in [0.717, 1.165) is 23.5 Å². The number of oxazole rings is 1. The van der Waals surface area contributed by atoms with Gasteiger partial charge in [-0.1, -0.05) is 32.9 Å². The highest BCUT2D eigenvalue weighted by molar-refractivity contribution is 14.0. The smallest absolute Gasteiger partial charge is 0.416 e. The number of halogens is 4. The molecule has 0 fully saturated rings. The molecule has 0 aliphatic rings. The third-order valence-corrected chi connectivity index (χ3v) is 3.96. The van der Waals surface area contributed by atoms with Gasteiger partial charge in [0.1, 0.15) is 5.76 Å². The molecule has 0 amide bonds. The van der Waals surface area contributed by atoms with Gasteiger partial charge in [0.15, 0.2) is 5.96 Å². The Morgan fingerprint density at radius 3 is 2.25 bits per heavy atom. The quantitative estimate of drug-likeness (QED) is 0.364. The summed E-state index contributed by atoms with van der Waals surface area (Å²) in [5.74, 6) is 1.93. The summed E-state index contributed by atoms with van der Waals surface area (Å²) in [4.78, 5) is 10.3. The molecule has 9 heteroatoms. The molecule has 0 unspecified atom stereocenters. The number of rotatable bonds is 4. The number of benzene rings is 1. The maximum Gasteiger partial charge on any atom is 0.416 e. The van der Waals surface area contributed by atoms with E-state index < -0.39 is 11.7 Å². The van der Waals surface area contributed by atoms with Crippen molar-refractivity contribution in [2.45, 2.75) is 45.5 Å². The molecule has 1 aromatic heterocycles. The SMILES string of the molecule is CN=C(NCc1ncc(C(C)(C)C)o1)N(C)Cc1ccc(C(F)(F)F)cc1.I. The van der Waals surface area contributed by atoms with Gasteiger partial charge >= 0.3 is 6.18 Å². The molecule has 1 N–H and O–H groups in total. The van der Waals surface area contributed by atoms with Gasteiger partial charge in [0.25, 0.3) is 0 Å². The van der Waals surface area contributed by atoms with Crippen molar-refractivity contribution in [1.82, 2.24) is 15.2 Å². The number of aromatic nitrogens is 1. The minimum absolute atomic E-state index is 0. The maximum absolute atomic E-state index is 12.6. The van der Waals surface area contributed by atoms with Gasteiger partial charge < -0.3 is 14.6 Å². The predicted octanol–water partition coefficient (Wildman–Crippen LogP) is 4.82. The molecule has 2 aromatic rings. The highest BCUT2D eigenvalue weighted by atomic mass is 127. The average Bonchev–Trinajstić information content (AvgIpc) is 3.04. The number of hydrogen-bond donors (Lipinski definition) is 1. The number of nitrogens with one attached hydrogen (secondary N) is 1. The van der Waals surface area contributed by atoms with Crippen LogP contribution in [0.5, 0.6) is 0 Å². The van der Waals surface area contributed by atoms with Crippen LogP contribution in [0.2, 0.25) is 0 Å². The first-order valence-electron chi connectivity index (χ1n) is 8.54. The number of aliphatic imine (C=N–C) groups is 1. The Hall–Kier alpha value is -1.78. The van der Waals surface area contributed by atoms with E-state index in [4.69, 9.17) is 4.42 Å². The van der Waals surface area contributed by atoms with Gasteiger partial charge in [0.05, 0.1) is 18.3 Å². The topological polar surface area (TPSA) is 53.7 Å². The van der Waals surface area contributed by atoms with Gasteiger partial charge in [0.2, 0.25) is 5.89 Å². The lowest BCUT2D eigenvalue weighted by molar-refractivity contribution is -0.137. The van der Waals surface area contributed by atoms with Crippen LogP contribution in [0.25, 0.3) is 0 Å². The van der Waals surface area contributed by atoms with Crippen LogP contribution in [-0.2, 0) is 24.7 Å². The Morgan fingerprint density at radius 2 is 1.79 bits per heavy atom.